The maximum absolute atomic E-state index is 13.8. The predicted octanol–water partition coefficient (Wildman–Crippen LogP) is 3.05. The molecule has 24 heavy (non-hydrogen) atoms. The summed E-state index contributed by atoms with van der Waals surface area (Å²) in [6.45, 7) is 3.06. The van der Waals surface area contributed by atoms with Gasteiger partial charge < -0.3 is 9.47 Å². The fourth-order valence-corrected chi connectivity index (χ4v) is 4.08. The van der Waals surface area contributed by atoms with Gasteiger partial charge in [-0.15, -0.1) is 0 Å². The van der Waals surface area contributed by atoms with E-state index < -0.39 is 0 Å². The summed E-state index contributed by atoms with van der Waals surface area (Å²) in [7, 11) is 1.73. The monoisotopic (exact) mass is 328 g/mol. The van der Waals surface area contributed by atoms with Crippen molar-refractivity contribution in [2.75, 3.05) is 26.9 Å². The number of pyridine rings is 1. The van der Waals surface area contributed by atoms with E-state index in [1.807, 2.05) is 12.3 Å². The second-order valence-electron chi connectivity index (χ2n) is 6.61. The van der Waals surface area contributed by atoms with Crippen LogP contribution in [-0.2, 0) is 11.3 Å². The van der Waals surface area contributed by atoms with Gasteiger partial charge in [0.2, 0.25) is 0 Å². The average Bonchev–Trinajstić information content (AvgIpc) is 2.94. The third-order valence-corrected chi connectivity index (χ3v) is 5.08. The number of methoxy groups -OCH3 is 1. The van der Waals surface area contributed by atoms with E-state index in [1.54, 1.807) is 25.4 Å². The zero-order chi connectivity index (χ0) is 16.5. The normalized spacial score (nSPS) is 25.8. The summed E-state index contributed by atoms with van der Waals surface area (Å²) in [6.07, 6.45) is 3.67. The second kappa shape index (κ2) is 6.49. The molecule has 3 atom stereocenters. The Labute approximate surface area is 141 Å². The van der Waals surface area contributed by atoms with Crippen molar-refractivity contribution in [1.29, 1.82) is 0 Å². The van der Waals surface area contributed by atoms with Crippen LogP contribution < -0.4 is 4.74 Å². The van der Waals surface area contributed by atoms with Crippen molar-refractivity contribution < 1.29 is 13.9 Å². The molecule has 3 heterocycles. The summed E-state index contributed by atoms with van der Waals surface area (Å²) in [5.41, 5.74) is 2.12. The lowest BCUT2D eigenvalue weighted by atomic mass is 9.85. The van der Waals surface area contributed by atoms with Crippen LogP contribution >= 0.6 is 0 Å². The summed E-state index contributed by atoms with van der Waals surface area (Å²) in [5, 5.41) is 0. The number of benzene rings is 1. The molecule has 0 spiro atoms. The third kappa shape index (κ3) is 2.78. The minimum absolute atomic E-state index is 0.157. The molecular weight excluding hydrogens is 307 g/mol. The molecule has 1 aromatic carbocycles. The number of halogens is 1. The number of likely N-dealkylation sites (tertiary alicyclic amines) is 1. The quantitative estimate of drug-likeness (QED) is 0.864. The lowest BCUT2D eigenvalue weighted by Gasteiger charge is -2.34. The standard InChI is InChI=1S/C19H21FN2O2/c1-23-11-14-10-22(9-13-3-2-6-21-8-13)19-16-7-15(20)4-5-18(16)24-12-17(14)19/h2-8,14,17,19H,9-12H2,1H3/t14-,17-,19-/m0/s1. The molecule has 0 aliphatic carbocycles. The van der Waals surface area contributed by atoms with Crippen molar-refractivity contribution in [3.63, 3.8) is 0 Å². The molecule has 2 aliphatic heterocycles. The van der Waals surface area contributed by atoms with Gasteiger partial charge in [-0.3, -0.25) is 9.88 Å². The van der Waals surface area contributed by atoms with Crippen LogP contribution in [0.3, 0.4) is 0 Å². The molecule has 126 valence electrons. The highest BCUT2D eigenvalue weighted by atomic mass is 19.1. The summed E-state index contributed by atoms with van der Waals surface area (Å²) in [4.78, 5) is 6.62. The Morgan fingerprint density at radius 1 is 1.38 bits per heavy atom. The van der Waals surface area contributed by atoms with E-state index >= 15 is 0 Å². The molecule has 1 aromatic heterocycles. The molecule has 5 heteroatoms. The van der Waals surface area contributed by atoms with E-state index in [4.69, 9.17) is 9.47 Å². The molecule has 0 N–H and O–H groups in total. The Morgan fingerprint density at radius 3 is 3.08 bits per heavy atom. The van der Waals surface area contributed by atoms with Crippen molar-refractivity contribution in [3.05, 3.63) is 59.7 Å². The van der Waals surface area contributed by atoms with Crippen LogP contribution in [0.15, 0.2) is 42.7 Å². The molecule has 2 aromatic rings. The zero-order valence-corrected chi connectivity index (χ0v) is 13.7. The van der Waals surface area contributed by atoms with E-state index in [0.29, 0.717) is 25.0 Å². The minimum Gasteiger partial charge on any atom is -0.493 e. The molecule has 0 radical (unpaired) electrons. The molecule has 1 saturated heterocycles. The highest BCUT2D eigenvalue weighted by Crippen LogP contribution is 2.48. The van der Waals surface area contributed by atoms with Crippen molar-refractivity contribution in [1.82, 2.24) is 9.88 Å². The van der Waals surface area contributed by atoms with Crippen LogP contribution in [0.2, 0.25) is 0 Å². The number of aromatic nitrogens is 1. The van der Waals surface area contributed by atoms with Gasteiger partial charge in [-0.05, 0) is 29.8 Å². The third-order valence-electron chi connectivity index (χ3n) is 5.08. The van der Waals surface area contributed by atoms with Gasteiger partial charge in [0.25, 0.3) is 0 Å². The Kier molecular flexibility index (Phi) is 4.21. The van der Waals surface area contributed by atoms with E-state index in [1.165, 1.54) is 11.6 Å². The summed E-state index contributed by atoms with van der Waals surface area (Å²) >= 11 is 0. The smallest absolute Gasteiger partial charge is 0.124 e. The number of ether oxygens (including phenoxy) is 2. The van der Waals surface area contributed by atoms with Gasteiger partial charge in [0.1, 0.15) is 11.6 Å². The Morgan fingerprint density at radius 2 is 2.29 bits per heavy atom. The first-order valence-electron chi connectivity index (χ1n) is 8.30. The summed E-state index contributed by atoms with van der Waals surface area (Å²) in [6, 6.07) is 9.02. The first-order valence-corrected chi connectivity index (χ1v) is 8.30. The molecule has 0 amide bonds. The zero-order valence-electron chi connectivity index (χ0n) is 13.7. The van der Waals surface area contributed by atoms with Crippen LogP contribution in [0, 0.1) is 17.7 Å². The fourth-order valence-electron chi connectivity index (χ4n) is 4.08. The molecule has 0 unspecified atom stereocenters. The fraction of sp³-hybridized carbons (Fsp3) is 0.421. The van der Waals surface area contributed by atoms with Crippen molar-refractivity contribution >= 4 is 0 Å². The highest BCUT2D eigenvalue weighted by molar-refractivity contribution is 5.39. The van der Waals surface area contributed by atoms with Crippen molar-refractivity contribution in [3.8, 4) is 5.75 Å². The molecule has 4 rings (SSSR count). The van der Waals surface area contributed by atoms with Crippen LogP contribution in [0.1, 0.15) is 17.2 Å². The number of nitrogens with zero attached hydrogens (tertiary/aromatic N) is 2. The SMILES string of the molecule is COC[C@@H]1CN(Cc2cccnc2)[C@H]2c3cc(F)ccc3OC[C@@H]12. The number of fused-ring (bicyclic) bond motifs is 3. The Bertz CT molecular complexity index is 710. The molecular formula is C19H21FN2O2. The molecule has 1 fully saturated rings. The van der Waals surface area contributed by atoms with E-state index in [9.17, 15) is 4.39 Å². The average molecular weight is 328 g/mol. The van der Waals surface area contributed by atoms with Gasteiger partial charge in [0, 0.05) is 56.0 Å². The maximum atomic E-state index is 13.8. The van der Waals surface area contributed by atoms with E-state index in [2.05, 4.69) is 16.0 Å². The Hall–Kier alpha value is -1.98. The number of hydrogen-bond acceptors (Lipinski definition) is 4. The van der Waals surface area contributed by atoms with Gasteiger partial charge >= 0.3 is 0 Å². The van der Waals surface area contributed by atoms with Gasteiger partial charge in [-0.2, -0.15) is 0 Å². The second-order valence-corrected chi connectivity index (χ2v) is 6.61. The largest absolute Gasteiger partial charge is 0.493 e. The van der Waals surface area contributed by atoms with E-state index in [-0.39, 0.29) is 11.9 Å². The van der Waals surface area contributed by atoms with Gasteiger partial charge in [-0.1, -0.05) is 6.07 Å². The van der Waals surface area contributed by atoms with Crippen molar-refractivity contribution in [2.45, 2.75) is 12.6 Å². The number of rotatable bonds is 4. The van der Waals surface area contributed by atoms with Gasteiger partial charge in [0.15, 0.2) is 0 Å². The number of hydrogen-bond donors (Lipinski definition) is 0. The molecule has 2 aliphatic rings. The first-order chi connectivity index (χ1) is 11.8. The van der Waals surface area contributed by atoms with Gasteiger partial charge in [0.05, 0.1) is 13.2 Å². The maximum Gasteiger partial charge on any atom is 0.124 e. The summed E-state index contributed by atoms with van der Waals surface area (Å²) in [5.74, 6) is 1.28. The summed E-state index contributed by atoms with van der Waals surface area (Å²) < 4.78 is 25.2. The lowest BCUT2D eigenvalue weighted by molar-refractivity contribution is 0.0981. The predicted molar refractivity (Wildman–Crippen MR) is 88.1 cm³/mol. The lowest BCUT2D eigenvalue weighted by Crippen LogP contribution is -2.32. The Balaban J connectivity index is 1.68. The van der Waals surface area contributed by atoms with Crippen LogP contribution in [0.25, 0.3) is 0 Å². The minimum atomic E-state index is -0.213. The molecule has 4 nitrogen and oxygen atoms in total. The van der Waals surface area contributed by atoms with Gasteiger partial charge in [-0.25, -0.2) is 4.39 Å². The van der Waals surface area contributed by atoms with E-state index in [0.717, 1.165) is 24.4 Å². The topological polar surface area (TPSA) is 34.6 Å². The van der Waals surface area contributed by atoms with Crippen molar-refractivity contribution in [2.24, 2.45) is 11.8 Å². The van der Waals surface area contributed by atoms with Crippen LogP contribution in [0.4, 0.5) is 4.39 Å². The first kappa shape index (κ1) is 15.5. The van der Waals surface area contributed by atoms with Crippen LogP contribution in [0.5, 0.6) is 5.75 Å². The van der Waals surface area contributed by atoms with Crippen LogP contribution in [-0.4, -0.2) is 36.8 Å². The highest BCUT2D eigenvalue weighted by Gasteiger charge is 2.46. The molecule has 0 bridgehead atoms. The molecule has 0 saturated carbocycles.